The second kappa shape index (κ2) is 2.10. The first-order chi connectivity index (χ1) is 5.84. The maximum absolute atomic E-state index is 4.54. The number of hydrogen-bond acceptors (Lipinski definition) is 2. The number of hydrogen-bond donors (Lipinski definition) is 0. The molecule has 3 rings (SSSR count). The van der Waals surface area contributed by atoms with Crippen LogP contribution in [-0.4, -0.2) is 9.61 Å². The van der Waals surface area contributed by atoms with E-state index in [1.807, 2.05) is 15.9 Å². The van der Waals surface area contributed by atoms with Crippen molar-refractivity contribution in [1.29, 1.82) is 0 Å². The largest absolute Gasteiger partial charge is 0.229 e. The molecule has 62 valence electrons. The van der Waals surface area contributed by atoms with Crippen LogP contribution in [0.2, 0.25) is 0 Å². The van der Waals surface area contributed by atoms with E-state index in [2.05, 4.69) is 18.2 Å². The summed E-state index contributed by atoms with van der Waals surface area (Å²) in [5.41, 5.74) is 2.84. The van der Waals surface area contributed by atoms with Crippen molar-refractivity contribution in [3.8, 4) is 0 Å². The van der Waals surface area contributed by atoms with Crippen molar-refractivity contribution in [3.63, 3.8) is 0 Å². The predicted molar refractivity (Wildman–Crippen MR) is 49.8 cm³/mol. The van der Waals surface area contributed by atoms with Gasteiger partial charge in [-0.1, -0.05) is 0 Å². The summed E-state index contributed by atoms with van der Waals surface area (Å²) in [6, 6.07) is 0. The van der Waals surface area contributed by atoms with Crippen LogP contribution in [0.15, 0.2) is 6.20 Å². The fourth-order valence-electron chi connectivity index (χ4n) is 1.93. The van der Waals surface area contributed by atoms with Crippen molar-refractivity contribution in [1.82, 2.24) is 9.61 Å². The SMILES string of the molecule is Cc1cn2nc3c(c2s1)CCC3. The highest BCUT2D eigenvalue weighted by atomic mass is 32.1. The molecule has 0 saturated heterocycles. The molecule has 0 bridgehead atoms. The summed E-state index contributed by atoms with van der Waals surface area (Å²) in [6.07, 6.45) is 5.84. The lowest BCUT2D eigenvalue weighted by Gasteiger charge is -1.83. The summed E-state index contributed by atoms with van der Waals surface area (Å²) < 4.78 is 2.05. The fraction of sp³-hybridized carbons (Fsp3) is 0.444. The van der Waals surface area contributed by atoms with Crippen LogP contribution in [0.25, 0.3) is 4.83 Å². The van der Waals surface area contributed by atoms with Crippen LogP contribution in [0.5, 0.6) is 0 Å². The summed E-state index contributed by atoms with van der Waals surface area (Å²) in [5.74, 6) is 0. The van der Waals surface area contributed by atoms with Gasteiger partial charge in [0.15, 0.2) is 0 Å². The van der Waals surface area contributed by atoms with Crippen molar-refractivity contribution in [2.75, 3.05) is 0 Å². The van der Waals surface area contributed by atoms with E-state index in [0.717, 1.165) is 0 Å². The van der Waals surface area contributed by atoms with Crippen LogP contribution in [0.1, 0.15) is 22.6 Å². The predicted octanol–water partition coefficient (Wildman–Crippen LogP) is 2.19. The molecule has 0 N–H and O–H groups in total. The number of thiazole rings is 1. The van der Waals surface area contributed by atoms with Crippen LogP contribution < -0.4 is 0 Å². The molecule has 0 saturated carbocycles. The summed E-state index contributed by atoms with van der Waals surface area (Å²) in [6.45, 7) is 2.14. The third-order valence-electron chi connectivity index (χ3n) is 2.45. The summed E-state index contributed by atoms with van der Waals surface area (Å²) >= 11 is 1.86. The lowest BCUT2D eigenvalue weighted by molar-refractivity contribution is 0.845. The second-order valence-corrected chi connectivity index (χ2v) is 4.61. The third kappa shape index (κ3) is 0.719. The molecule has 0 fully saturated rings. The van der Waals surface area contributed by atoms with Gasteiger partial charge in [0.1, 0.15) is 4.83 Å². The van der Waals surface area contributed by atoms with Crippen molar-refractivity contribution in [3.05, 3.63) is 22.3 Å². The molecule has 3 heteroatoms. The van der Waals surface area contributed by atoms with Gasteiger partial charge in [-0.15, -0.1) is 11.3 Å². The van der Waals surface area contributed by atoms with E-state index in [0.29, 0.717) is 0 Å². The maximum atomic E-state index is 4.54. The lowest BCUT2D eigenvalue weighted by Crippen LogP contribution is -1.84. The Hall–Kier alpha value is -0.830. The second-order valence-electron chi connectivity index (χ2n) is 3.37. The van der Waals surface area contributed by atoms with Crippen molar-refractivity contribution in [2.24, 2.45) is 0 Å². The van der Waals surface area contributed by atoms with Gasteiger partial charge in [-0.2, -0.15) is 5.10 Å². The molecule has 0 radical (unpaired) electrons. The molecule has 0 aromatic carbocycles. The third-order valence-corrected chi connectivity index (χ3v) is 3.50. The highest BCUT2D eigenvalue weighted by molar-refractivity contribution is 7.17. The normalized spacial score (nSPS) is 15.8. The highest BCUT2D eigenvalue weighted by Crippen LogP contribution is 2.29. The van der Waals surface area contributed by atoms with E-state index in [1.54, 1.807) is 0 Å². The Morgan fingerprint density at radius 1 is 1.50 bits per heavy atom. The number of fused-ring (bicyclic) bond motifs is 3. The van der Waals surface area contributed by atoms with Crippen LogP contribution >= 0.6 is 11.3 Å². The number of aromatic nitrogens is 2. The van der Waals surface area contributed by atoms with Gasteiger partial charge in [-0.25, -0.2) is 4.52 Å². The molecule has 2 aromatic heterocycles. The average molecular weight is 178 g/mol. The summed E-state index contributed by atoms with van der Waals surface area (Å²) in [4.78, 5) is 2.73. The Balaban J connectivity index is 2.40. The minimum atomic E-state index is 1.18. The van der Waals surface area contributed by atoms with Crippen molar-refractivity contribution in [2.45, 2.75) is 26.2 Å². The Morgan fingerprint density at radius 3 is 3.33 bits per heavy atom. The van der Waals surface area contributed by atoms with Crippen molar-refractivity contribution >= 4 is 16.2 Å². The lowest BCUT2D eigenvalue weighted by atomic mass is 10.3. The number of rotatable bonds is 0. The molecule has 0 amide bonds. The van der Waals surface area contributed by atoms with E-state index in [9.17, 15) is 0 Å². The van der Waals surface area contributed by atoms with Crippen LogP contribution in [0.3, 0.4) is 0 Å². The molecule has 2 nitrogen and oxygen atoms in total. The molecule has 0 unspecified atom stereocenters. The molecule has 1 aliphatic rings. The number of aryl methyl sites for hydroxylation is 3. The molecule has 2 aromatic rings. The Bertz CT molecular complexity index is 438. The van der Waals surface area contributed by atoms with Gasteiger partial charge in [0.25, 0.3) is 0 Å². The van der Waals surface area contributed by atoms with Gasteiger partial charge in [-0.05, 0) is 26.2 Å². The standard InChI is InChI=1S/C9H10N2S/c1-6-5-11-9(12-6)7-3-2-4-8(7)10-11/h5H,2-4H2,1H3. The molecule has 0 aliphatic heterocycles. The number of nitrogens with zero attached hydrogens (tertiary/aromatic N) is 2. The van der Waals surface area contributed by atoms with Gasteiger partial charge in [0, 0.05) is 16.6 Å². The zero-order valence-corrected chi connectivity index (χ0v) is 7.82. The molecule has 2 heterocycles. The summed E-state index contributed by atoms with van der Waals surface area (Å²) in [7, 11) is 0. The van der Waals surface area contributed by atoms with Crippen molar-refractivity contribution < 1.29 is 0 Å². The first kappa shape index (κ1) is 6.66. The quantitative estimate of drug-likeness (QED) is 0.604. The molecular formula is C9H10N2S. The monoisotopic (exact) mass is 178 g/mol. The molecule has 1 aliphatic carbocycles. The van der Waals surface area contributed by atoms with E-state index in [1.165, 1.54) is 40.2 Å². The van der Waals surface area contributed by atoms with Gasteiger partial charge in [-0.3, -0.25) is 0 Å². The van der Waals surface area contributed by atoms with Crippen LogP contribution in [0, 0.1) is 6.92 Å². The van der Waals surface area contributed by atoms with E-state index < -0.39 is 0 Å². The molecule has 12 heavy (non-hydrogen) atoms. The van der Waals surface area contributed by atoms with Gasteiger partial charge in [0.05, 0.1) is 5.69 Å². The molecule has 0 atom stereocenters. The smallest absolute Gasteiger partial charge is 0.122 e. The van der Waals surface area contributed by atoms with Gasteiger partial charge < -0.3 is 0 Å². The zero-order valence-electron chi connectivity index (χ0n) is 7.00. The van der Waals surface area contributed by atoms with Crippen LogP contribution in [-0.2, 0) is 12.8 Å². The topological polar surface area (TPSA) is 17.3 Å². The highest BCUT2D eigenvalue weighted by Gasteiger charge is 2.18. The Labute approximate surface area is 74.8 Å². The molecular weight excluding hydrogens is 168 g/mol. The van der Waals surface area contributed by atoms with E-state index in [4.69, 9.17) is 0 Å². The zero-order chi connectivity index (χ0) is 8.13. The minimum Gasteiger partial charge on any atom is -0.229 e. The summed E-state index contributed by atoms with van der Waals surface area (Å²) in [5, 5.41) is 4.54. The van der Waals surface area contributed by atoms with Crippen LogP contribution in [0.4, 0.5) is 0 Å². The maximum Gasteiger partial charge on any atom is 0.122 e. The Kier molecular flexibility index (Phi) is 1.17. The minimum absolute atomic E-state index is 1.18. The first-order valence-corrected chi connectivity index (χ1v) is 5.13. The van der Waals surface area contributed by atoms with Gasteiger partial charge in [0.2, 0.25) is 0 Å². The molecule has 0 spiro atoms. The van der Waals surface area contributed by atoms with Gasteiger partial charge >= 0.3 is 0 Å². The average Bonchev–Trinajstić information content (AvgIpc) is 2.59. The Morgan fingerprint density at radius 2 is 2.42 bits per heavy atom. The van der Waals surface area contributed by atoms with E-state index in [-0.39, 0.29) is 0 Å². The first-order valence-electron chi connectivity index (χ1n) is 4.31. The van der Waals surface area contributed by atoms with E-state index >= 15 is 0 Å². The fourth-order valence-corrected chi connectivity index (χ4v) is 2.92.